The van der Waals surface area contributed by atoms with Crippen molar-refractivity contribution >= 4 is 32.1 Å². The molecule has 1 unspecified atom stereocenters. The number of esters is 1. The van der Waals surface area contributed by atoms with Gasteiger partial charge in [0.05, 0.1) is 19.6 Å². The number of piperazine rings is 1. The number of aryl methyl sites for hydroxylation is 1. The molecule has 1 heterocycles. The van der Waals surface area contributed by atoms with Crippen molar-refractivity contribution in [1.29, 1.82) is 0 Å². The Morgan fingerprint density at radius 3 is 2.49 bits per heavy atom. The Hall–Kier alpha value is -3.60. The minimum Gasteiger partial charge on any atom is -0.493 e. The van der Waals surface area contributed by atoms with Crippen molar-refractivity contribution < 1.29 is 40.1 Å². The number of oxime groups is 1. The maximum Gasteiger partial charge on any atom is 0.340 e. The zero-order valence-electron chi connectivity index (χ0n) is 22.8. The molecule has 1 aliphatic rings. The molecule has 41 heavy (non-hydrogen) atoms. The highest BCUT2D eigenvalue weighted by molar-refractivity contribution is 7.91. The zero-order chi connectivity index (χ0) is 30.0. The second-order valence-corrected chi connectivity index (χ2v) is 12.4. The first-order valence-corrected chi connectivity index (χ1v) is 15.7. The third kappa shape index (κ3) is 8.94. The van der Waals surface area contributed by atoms with Gasteiger partial charge in [-0.1, -0.05) is 12.1 Å². The number of hydrogen-bond acceptors (Lipinski definition) is 11. The first-order chi connectivity index (χ1) is 19.4. The van der Waals surface area contributed by atoms with E-state index in [9.17, 15) is 21.6 Å². The summed E-state index contributed by atoms with van der Waals surface area (Å²) in [7, 11) is -8.97. The van der Waals surface area contributed by atoms with Gasteiger partial charge in [0.2, 0.25) is 16.0 Å². The molecule has 1 fully saturated rings. The average molecular weight is 614 g/mol. The summed E-state index contributed by atoms with van der Waals surface area (Å²) < 4.78 is 71.5. The molecule has 2 aromatic carbocycles. The molecule has 1 atom stereocenters. The van der Waals surface area contributed by atoms with Crippen LogP contribution in [0.5, 0.6) is 11.5 Å². The second-order valence-electron chi connectivity index (χ2n) is 9.00. The van der Waals surface area contributed by atoms with Gasteiger partial charge in [0.1, 0.15) is 27.9 Å². The van der Waals surface area contributed by atoms with Crippen LogP contribution in [0.15, 0.2) is 57.4 Å². The van der Waals surface area contributed by atoms with Crippen LogP contribution in [0.4, 0.5) is 0 Å². The van der Waals surface area contributed by atoms with Crippen LogP contribution in [0.25, 0.3) is 0 Å². The molecule has 3 rings (SSSR count). The summed E-state index contributed by atoms with van der Waals surface area (Å²) in [4.78, 5) is 16.0. The molecule has 5 N–H and O–H groups in total. The molecule has 0 saturated carbocycles. The molecule has 0 amide bonds. The van der Waals surface area contributed by atoms with E-state index in [1.807, 2.05) is 0 Å². The molecule has 14 nitrogen and oxygen atoms in total. The number of ether oxygens (including phenoxy) is 2. The van der Waals surface area contributed by atoms with Gasteiger partial charge in [-0.3, -0.25) is 4.79 Å². The van der Waals surface area contributed by atoms with Crippen molar-refractivity contribution in [2.45, 2.75) is 42.5 Å². The first kappa shape index (κ1) is 31.9. The summed E-state index contributed by atoms with van der Waals surface area (Å²) in [6.07, 6.45) is 0.256. The van der Waals surface area contributed by atoms with E-state index in [0.717, 1.165) is 10.4 Å². The minimum atomic E-state index is -4.62. The fraction of sp³-hybridized carbons (Fsp3) is 0.440. The Bertz CT molecular complexity index is 1450. The fourth-order valence-corrected chi connectivity index (χ4v) is 7.41. The lowest BCUT2D eigenvalue weighted by Gasteiger charge is -2.34. The lowest BCUT2D eigenvalue weighted by Crippen LogP contribution is -2.54. The Labute approximate surface area is 239 Å². The standard InChI is InChI=1S/C25H35N5O9S2/c1-3-36-24(31)15-19-17-28-9-10-30(19)40(32,33)22-7-4-5-8-23(22)41(34,35)39-21-14-18(2)13-20(16-21)37-11-6-12-38-29-25(26)27/h4-5,7-8,13-14,16,19,28H,3,6,9-12,15,17H2,1-2H3,(H4,26,27,29). The molecule has 2 aromatic rings. The lowest BCUT2D eigenvalue weighted by molar-refractivity contribution is -0.144. The average Bonchev–Trinajstić information content (AvgIpc) is 2.90. The molecule has 0 spiro atoms. The molecule has 16 heteroatoms. The molecule has 1 saturated heterocycles. The Morgan fingerprint density at radius 2 is 1.78 bits per heavy atom. The second kappa shape index (κ2) is 14.3. The van der Waals surface area contributed by atoms with Crippen LogP contribution in [0, 0.1) is 6.92 Å². The highest BCUT2D eigenvalue weighted by Gasteiger charge is 2.38. The number of carbonyl (C=O) groups is 1. The molecule has 1 aliphatic heterocycles. The van der Waals surface area contributed by atoms with Crippen LogP contribution >= 0.6 is 0 Å². The number of rotatable bonds is 14. The van der Waals surface area contributed by atoms with Gasteiger partial charge in [-0.15, -0.1) is 0 Å². The van der Waals surface area contributed by atoms with Crippen molar-refractivity contribution in [1.82, 2.24) is 9.62 Å². The van der Waals surface area contributed by atoms with Gasteiger partial charge in [0.25, 0.3) is 0 Å². The summed E-state index contributed by atoms with van der Waals surface area (Å²) >= 11 is 0. The lowest BCUT2D eigenvalue weighted by atomic mass is 10.2. The van der Waals surface area contributed by atoms with Crippen molar-refractivity contribution in [2.75, 3.05) is 39.5 Å². The van der Waals surface area contributed by atoms with Gasteiger partial charge in [-0.05, 0) is 48.8 Å². The minimum absolute atomic E-state index is 0.0389. The van der Waals surface area contributed by atoms with E-state index in [1.165, 1.54) is 30.3 Å². The molecule has 0 bridgehead atoms. The van der Waals surface area contributed by atoms with E-state index in [1.54, 1.807) is 19.9 Å². The van der Waals surface area contributed by atoms with Gasteiger partial charge in [0.15, 0.2) is 0 Å². The predicted octanol–water partition coefficient (Wildman–Crippen LogP) is 0.652. The van der Waals surface area contributed by atoms with Crippen LogP contribution in [0.2, 0.25) is 0 Å². The predicted molar refractivity (Wildman–Crippen MR) is 149 cm³/mol. The summed E-state index contributed by atoms with van der Waals surface area (Å²) in [5.74, 6) is -0.484. The summed E-state index contributed by atoms with van der Waals surface area (Å²) in [6, 6.07) is 8.97. The number of nitrogens with two attached hydrogens (primary N) is 2. The number of carbonyl (C=O) groups excluding carboxylic acids is 1. The van der Waals surface area contributed by atoms with Gasteiger partial charge < -0.3 is 35.3 Å². The van der Waals surface area contributed by atoms with E-state index in [-0.39, 0.29) is 51.0 Å². The van der Waals surface area contributed by atoms with E-state index < -0.39 is 41.9 Å². The number of nitrogens with zero attached hydrogens (tertiary/aromatic N) is 2. The van der Waals surface area contributed by atoms with Crippen molar-refractivity contribution in [2.24, 2.45) is 16.6 Å². The maximum atomic E-state index is 13.8. The normalized spacial score (nSPS) is 16.0. The molecular weight excluding hydrogens is 578 g/mol. The first-order valence-electron chi connectivity index (χ1n) is 12.8. The zero-order valence-corrected chi connectivity index (χ0v) is 24.4. The molecule has 226 valence electrons. The Morgan fingerprint density at radius 1 is 1.07 bits per heavy atom. The number of guanidine groups is 1. The van der Waals surface area contributed by atoms with Crippen molar-refractivity contribution in [3.63, 3.8) is 0 Å². The smallest absolute Gasteiger partial charge is 0.340 e. The van der Waals surface area contributed by atoms with Crippen molar-refractivity contribution in [3.8, 4) is 11.5 Å². The molecular formula is C25H35N5O9S2. The van der Waals surface area contributed by atoms with Crippen LogP contribution in [0.3, 0.4) is 0 Å². The number of nitrogens with one attached hydrogen (secondary N) is 1. The van der Waals surface area contributed by atoms with E-state index in [2.05, 4.69) is 10.5 Å². The number of benzene rings is 2. The van der Waals surface area contributed by atoms with Crippen molar-refractivity contribution in [3.05, 3.63) is 48.0 Å². The van der Waals surface area contributed by atoms with Gasteiger partial charge in [-0.25, -0.2) is 8.42 Å². The highest BCUT2D eigenvalue weighted by Crippen LogP contribution is 2.31. The summed E-state index contributed by atoms with van der Waals surface area (Å²) in [5, 5.41) is 6.47. The van der Waals surface area contributed by atoms with E-state index >= 15 is 0 Å². The fourth-order valence-electron chi connectivity index (χ4n) is 4.09. The molecule has 0 aliphatic carbocycles. The third-order valence-corrected chi connectivity index (χ3v) is 9.20. The van der Waals surface area contributed by atoms with Crippen LogP contribution in [0.1, 0.15) is 25.3 Å². The topological polar surface area (TPSA) is 202 Å². The van der Waals surface area contributed by atoms with Crippen LogP contribution < -0.4 is 25.7 Å². The largest absolute Gasteiger partial charge is 0.493 e. The van der Waals surface area contributed by atoms with Crippen LogP contribution in [-0.2, 0) is 34.5 Å². The quantitative estimate of drug-likeness (QED) is 0.0672. The maximum absolute atomic E-state index is 13.8. The van der Waals surface area contributed by atoms with Gasteiger partial charge >= 0.3 is 16.1 Å². The number of hydrogen-bond donors (Lipinski definition) is 3. The Kier molecular flexibility index (Phi) is 11.2. The van der Waals surface area contributed by atoms with Gasteiger partial charge in [-0.2, -0.15) is 12.7 Å². The monoisotopic (exact) mass is 613 g/mol. The molecule has 0 aromatic heterocycles. The highest BCUT2D eigenvalue weighted by atomic mass is 32.2. The van der Waals surface area contributed by atoms with Gasteiger partial charge in [0, 0.05) is 38.2 Å². The number of sulfonamides is 1. The van der Waals surface area contributed by atoms with E-state index in [4.69, 9.17) is 30.0 Å². The molecule has 0 radical (unpaired) electrons. The van der Waals surface area contributed by atoms with E-state index in [0.29, 0.717) is 24.3 Å². The third-order valence-electron chi connectivity index (χ3n) is 5.76. The SMILES string of the molecule is CCOC(=O)CC1CNCCN1S(=O)(=O)c1ccccc1S(=O)(=O)Oc1cc(C)cc(OCCCON=C(N)N)c1. The van der Waals surface area contributed by atoms with Crippen LogP contribution in [-0.4, -0.2) is 78.6 Å². The summed E-state index contributed by atoms with van der Waals surface area (Å²) in [6.45, 7) is 4.52. The summed E-state index contributed by atoms with van der Waals surface area (Å²) in [5.41, 5.74) is 11.0. The Balaban J connectivity index is 1.82.